The number of aryl methyl sites for hydroxylation is 1. The normalized spacial score (nSPS) is 11.2. The van der Waals surface area contributed by atoms with Crippen molar-refractivity contribution in [1.29, 1.82) is 0 Å². The van der Waals surface area contributed by atoms with Crippen molar-refractivity contribution in [2.24, 2.45) is 0 Å². The van der Waals surface area contributed by atoms with Crippen molar-refractivity contribution in [3.8, 4) is 5.75 Å². The molecule has 11 heteroatoms. The minimum absolute atomic E-state index is 0.0233. The van der Waals surface area contributed by atoms with Crippen LogP contribution in [0, 0.1) is 12.7 Å². The van der Waals surface area contributed by atoms with Gasteiger partial charge in [0, 0.05) is 25.4 Å². The second kappa shape index (κ2) is 9.46. The first-order chi connectivity index (χ1) is 14.4. The monoisotopic (exact) mass is 432 g/mol. The largest absolute Gasteiger partial charge is 0.494 e. The molecular weight excluding hydrogens is 411 g/mol. The van der Waals surface area contributed by atoms with Gasteiger partial charge in [-0.1, -0.05) is 6.07 Å². The highest BCUT2D eigenvalue weighted by atomic mass is 32.2. The third kappa shape index (κ3) is 5.61. The summed E-state index contributed by atoms with van der Waals surface area (Å²) >= 11 is 0. The predicted molar refractivity (Wildman–Crippen MR) is 111 cm³/mol. The Labute approximate surface area is 173 Å². The number of hydrogen-bond acceptors (Lipinski definition) is 8. The van der Waals surface area contributed by atoms with Crippen molar-refractivity contribution in [2.45, 2.75) is 11.8 Å². The van der Waals surface area contributed by atoms with Crippen LogP contribution in [0.4, 0.5) is 21.8 Å². The highest BCUT2D eigenvalue weighted by Gasteiger charge is 2.16. The van der Waals surface area contributed by atoms with Gasteiger partial charge in [-0.05, 0) is 37.3 Å². The maximum Gasteiger partial charge on any atom is 0.240 e. The molecule has 2 heterocycles. The molecule has 0 saturated heterocycles. The topological polar surface area (TPSA) is 118 Å². The molecular formula is C19H21FN6O3S. The standard InChI is InChI=1S/C19H21FN6O3S/c1-13-24-18(12-19(25-13)26-17-5-3-4-8-21-17)22-9-10-23-30(27,28)14-6-7-16(29-2)15(20)11-14/h3-8,11-12,23H,9-10H2,1-2H3,(H2,21,22,24,25,26). The van der Waals surface area contributed by atoms with Crippen molar-refractivity contribution >= 4 is 27.5 Å². The van der Waals surface area contributed by atoms with Gasteiger partial charge >= 0.3 is 0 Å². The molecule has 0 bridgehead atoms. The summed E-state index contributed by atoms with van der Waals surface area (Å²) in [4.78, 5) is 12.6. The molecule has 0 unspecified atom stereocenters. The summed E-state index contributed by atoms with van der Waals surface area (Å²) < 4.78 is 45.6. The fourth-order valence-electron chi connectivity index (χ4n) is 2.56. The molecule has 0 atom stereocenters. The summed E-state index contributed by atoms with van der Waals surface area (Å²) in [5.74, 6) is 1.48. The first-order valence-electron chi connectivity index (χ1n) is 8.98. The molecule has 0 saturated carbocycles. The molecule has 3 rings (SSSR count). The van der Waals surface area contributed by atoms with E-state index >= 15 is 0 Å². The zero-order chi connectivity index (χ0) is 21.6. The van der Waals surface area contributed by atoms with E-state index in [1.165, 1.54) is 19.2 Å². The van der Waals surface area contributed by atoms with Crippen LogP contribution in [0.1, 0.15) is 5.82 Å². The first-order valence-corrected chi connectivity index (χ1v) is 10.5. The Morgan fingerprint density at radius 2 is 1.83 bits per heavy atom. The van der Waals surface area contributed by atoms with Gasteiger partial charge in [-0.2, -0.15) is 0 Å². The summed E-state index contributed by atoms with van der Waals surface area (Å²) in [6.07, 6.45) is 1.66. The van der Waals surface area contributed by atoms with Gasteiger partial charge in [0.05, 0.1) is 12.0 Å². The minimum atomic E-state index is -3.86. The Bertz CT molecular complexity index is 1110. The lowest BCUT2D eigenvalue weighted by molar-refractivity contribution is 0.385. The number of hydrogen-bond donors (Lipinski definition) is 3. The summed E-state index contributed by atoms with van der Waals surface area (Å²) in [6.45, 7) is 2.08. The van der Waals surface area contributed by atoms with E-state index in [0.29, 0.717) is 23.3 Å². The highest BCUT2D eigenvalue weighted by molar-refractivity contribution is 7.89. The predicted octanol–water partition coefficient (Wildman–Crippen LogP) is 2.46. The van der Waals surface area contributed by atoms with Gasteiger partial charge in [-0.3, -0.25) is 0 Å². The van der Waals surface area contributed by atoms with Crippen molar-refractivity contribution in [1.82, 2.24) is 19.7 Å². The van der Waals surface area contributed by atoms with Crippen molar-refractivity contribution in [3.05, 3.63) is 60.3 Å². The van der Waals surface area contributed by atoms with Gasteiger partial charge in [-0.15, -0.1) is 0 Å². The fraction of sp³-hybridized carbons (Fsp3) is 0.211. The van der Waals surface area contributed by atoms with E-state index in [-0.39, 0.29) is 23.7 Å². The zero-order valence-corrected chi connectivity index (χ0v) is 17.2. The number of methoxy groups -OCH3 is 1. The van der Waals surface area contributed by atoms with E-state index in [1.807, 2.05) is 12.1 Å². The van der Waals surface area contributed by atoms with Crippen LogP contribution < -0.4 is 20.1 Å². The van der Waals surface area contributed by atoms with E-state index in [0.717, 1.165) is 6.07 Å². The lowest BCUT2D eigenvalue weighted by Crippen LogP contribution is -2.29. The van der Waals surface area contributed by atoms with E-state index < -0.39 is 15.8 Å². The summed E-state index contributed by atoms with van der Waals surface area (Å²) in [5, 5.41) is 6.11. The maximum atomic E-state index is 13.8. The van der Waals surface area contributed by atoms with Crippen molar-refractivity contribution in [2.75, 3.05) is 30.8 Å². The molecule has 1 aromatic carbocycles. The molecule has 0 aliphatic carbocycles. The number of benzene rings is 1. The quantitative estimate of drug-likeness (QED) is 0.441. The number of aromatic nitrogens is 3. The number of rotatable bonds is 9. The molecule has 30 heavy (non-hydrogen) atoms. The van der Waals surface area contributed by atoms with Crippen LogP contribution in [-0.2, 0) is 10.0 Å². The van der Waals surface area contributed by atoms with Crippen LogP contribution in [0.2, 0.25) is 0 Å². The van der Waals surface area contributed by atoms with Crippen LogP contribution in [0.3, 0.4) is 0 Å². The Balaban J connectivity index is 1.58. The molecule has 158 valence electrons. The molecule has 9 nitrogen and oxygen atoms in total. The number of halogens is 1. The molecule has 0 radical (unpaired) electrons. The highest BCUT2D eigenvalue weighted by Crippen LogP contribution is 2.20. The molecule has 3 N–H and O–H groups in total. The maximum absolute atomic E-state index is 13.8. The van der Waals surface area contributed by atoms with Crippen LogP contribution in [0.25, 0.3) is 0 Å². The van der Waals surface area contributed by atoms with E-state index in [9.17, 15) is 12.8 Å². The summed E-state index contributed by atoms with van der Waals surface area (Å²) in [6, 6.07) is 10.6. The SMILES string of the molecule is COc1ccc(S(=O)(=O)NCCNc2cc(Nc3ccccn3)nc(C)n2)cc1F. The van der Waals surface area contributed by atoms with Crippen molar-refractivity contribution < 1.29 is 17.5 Å². The zero-order valence-electron chi connectivity index (χ0n) is 16.4. The van der Waals surface area contributed by atoms with Crippen molar-refractivity contribution in [3.63, 3.8) is 0 Å². The Morgan fingerprint density at radius 1 is 1.03 bits per heavy atom. The van der Waals surface area contributed by atoms with Gasteiger partial charge in [0.25, 0.3) is 0 Å². The van der Waals surface area contributed by atoms with E-state index in [2.05, 4.69) is 30.3 Å². The molecule has 0 amide bonds. The molecule has 0 spiro atoms. The van der Waals surface area contributed by atoms with Gasteiger partial charge in [0.1, 0.15) is 23.3 Å². The fourth-order valence-corrected chi connectivity index (χ4v) is 3.61. The second-order valence-corrected chi connectivity index (χ2v) is 7.91. The Morgan fingerprint density at radius 3 is 2.53 bits per heavy atom. The van der Waals surface area contributed by atoms with E-state index in [4.69, 9.17) is 4.74 Å². The minimum Gasteiger partial charge on any atom is -0.494 e. The summed E-state index contributed by atoms with van der Waals surface area (Å²) in [5.41, 5.74) is 0. The van der Waals surface area contributed by atoms with Crippen LogP contribution in [-0.4, -0.2) is 43.6 Å². The number of ether oxygens (including phenoxy) is 1. The molecule has 2 aromatic heterocycles. The number of anilines is 3. The van der Waals surface area contributed by atoms with Crippen LogP contribution in [0.15, 0.2) is 53.6 Å². The van der Waals surface area contributed by atoms with Gasteiger partial charge in [0.15, 0.2) is 11.6 Å². The lowest BCUT2D eigenvalue weighted by atomic mass is 10.3. The molecule has 3 aromatic rings. The number of nitrogens with one attached hydrogen (secondary N) is 3. The van der Waals surface area contributed by atoms with Crippen LogP contribution in [0.5, 0.6) is 5.75 Å². The smallest absolute Gasteiger partial charge is 0.240 e. The Hall–Kier alpha value is -3.31. The number of sulfonamides is 1. The second-order valence-electron chi connectivity index (χ2n) is 6.15. The first kappa shape index (κ1) is 21.4. The third-order valence-corrected chi connectivity index (χ3v) is 5.37. The summed E-state index contributed by atoms with van der Waals surface area (Å²) in [7, 11) is -2.55. The third-order valence-electron chi connectivity index (χ3n) is 3.92. The average Bonchev–Trinajstić information content (AvgIpc) is 2.71. The number of pyridine rings is 1. The average molecular weight is 432 g/mol. The van der Waals surface area contributed by atoms with Crippen LogP contribution >= 0.6 is 0 Å². The Kier molecular flexibility index (Phi) is 6.75. The van der Waals surface area contributed by atoms with Gasteiger partial charge in [0.2, 0.25) is 10.0 Å². The number of nitrogens with zero attached hydrogens (tertiary/aromatic N) is 3. The van der Waals surface area contributed by atoms with Gasteiger partial charge in [-0.25, -0.2) is 32.5 Å². The van der Waals surface area contributed by atoms with E-state index in [1.54, 1.807) is 25.3 Å². The molecule has 0 aliphatic heterocycles. The molecule has 0 fully saturated rings. The molecule has 0 aliphatic rings. The lowest BCUT2D eigenvalue weighted by Gasteiger charge is -2.11. The van der Waals surface area contributed by atoms with Gasteiger partial charge < -0.3 is 15.4 Å².